The number of halogens is 1. The predicted octanol–water partition coefficient (Wildman–Crippen LogP) is 3.83. The van der Waals surface area contributed by atoms with Gasteiger partial charge < -0.3 is 10.4 Å². The van der Waals surface area contributed by atoms with E-state index in [9.17, 15) is 14.7 Å². The number of thiazole rings is 1. The van der Waals surface area contributed by atoms with Crippen molar-refractivity contribution in [2.45, 2.75) is 25.8 Å². The first-order valence-corrected chi connectivity index (χ1v) is 9.76. The van der Waals surface area contributed by atoms with Gasteiger partial charge in [0.25, 0.3) is 0 Å². The molecule has 27 heavy (non-hydrogen) atoms. The van der Waals surface area contributed by atoms with Crippen molar-refractivity contribution in [1.82, 2.24) is 10.3 Å². The molecular weight excluding hydrogens is 384 g/mol. The minimum atomic E-state index is -0.965. The highest BCUT2D eigenvalue weighted by Crippen LogP contribution is 2.40. The predicted molar refractivity (Wildman–Crippen MR) is 105 cm³/mol. The van der Waals surface area contributed by atoms with Gasteiger partial charge in [0.15, 0.2) is 0 Å². The van der Waals surface area contributed by atoms with Crippen LogP contribution in [0.5, 0.6) is 0 Å². The summed E-state index contributed by atoms with van der Waals surface area (Å²) in [5.41, 5.74) is 1.94. The van der Waals surface area contributed by atoms with E-state index in [2.05, 4.69) is 10.3 Å². The van der Waals surface area contributed by atoms with Crippen molar-refractivity contribution in [1.29, 1.82) is 0 Å². The molecule has 0 fully saturated rings. The molecule has 3 aromatic rings. The quantitative estimate of drug-likeness (QED) is 0.682. The standard InChI is InChI=1S/C20H17ClN2O3S/c21-14-5-6-16-15(7-14)23-17(27-16)11-22-19(26)20(10-18(24)25)8-12-3-1-2-4-13(12)9-20/h1-7H,8-11H2,(H,22,26)(H,24,25). The minimum Gasteiger partial charge on any atom is -0.481 e. The molecule has 0 saturated heterocycles. The van der Waals surface area contributed by atoms with Crippen LogP contribution in [0, 0.1) is 5.41 Å². The van der Waals surface area contributed by atoms with Crippen molar-refractivity contribution in [3.8, 4) is 0 Å². The summed E-state index contributed by atoms with van der Waals surface area (Å²) in [5.74, 6) is -1.20. The van der Waals surface area contributed by atoms with Gasteiger partial charge in [-0.2, -0.15) is 0 Å². The second-order valence-corrected chi connectivity index (χ2v) is 8.43. The number of amides is 1. The van der Waals surface area contributed by atoms with Gasteiger partial charge >= 0.3 is 5.97 Å². The molecule has 2 aromatic carbocycles. The van der Waals surface area contributed by atoms with Crippen molar-refractivity contribution in [2.24, 2.45) is 5.41 Å². The fraction of sp³-hybridized carbons (Fsp3) is 0.250. The zero-order valence-corrected chi connectivity index (χ0v) is 15.9. The molecule has 0 spiro atoms. The lowest BCUT2D eigenvalue weighted by molar-refractivity contribution is -0.145. The molecule has 2 N–H and O–H groups in total. The summed E-state index contributed by atoms with van der Waals surface area (Å²) in [6, 6.07) is 13.3. The number of carbonyl (C=O) groups excluding carboxylic acids is 1. The summed E-state index contributed by atoms with van der Waals surface area (Å²) in [6.45, 7) is 0.271. The largest absolute Gasteiger partial charge is 0.481 e. The number of hydrogen-bond donors (Lipinski definition) is 2. The number of carboxylic acids is 1. The highest BCUT2D eigenvalue weighted by molar-refractivity contribution is 7.18. The van der Waals surface area contributed by atoms with Crippen LogP contribution >= 0.6 is 22.9 Å². The highest BCUT2D eigenvalue weighted by atomic mass is 35.5. The molecule has 1 aliphatic rings. The van der Waals surface area contributed by atoms with E-state index in [4.69, 9.17) is 11.6 Å². The number of nitrogens with zero attached hydrogens (tertiary/aromatic N) is 1. The van der Waals surface area contributed by atoms with Gasteiger partial charge in [0, 0.05) is 5.02 Å². The van der Waals surface area contributed by atoms with Gasteiger partial charge in [-0.25, -0.2) is 4.98 Å². The van der Waals surface area contributed by atoms with E-state index in [1.165, 1.54) is 11.3 Å². The summed E-state index contributed by atoms with van der Waals surface area (Å²) < 4.78 is 0.997. The lowest BCUT2D eigenvalue weighted by Crippen LogP contribution is -2.43. The molecule has 1 aromatic heterocycles. The number of benzene rings is 2. The first-order valence-electron chi connectivity index (χ1n) is 8.57. The second kappa shape index (κ2) is 6.94. The van der Waals surface area contributed by atoms with Gasteiger partial charge in [-0.05, 0) is 42.2 Å². The molecule has 1 amide bonds. The van der Waals surface area contributed by atoms with Gasteiger partial charge in [0.05, 0.1) is 28.6 Å². The molecule has 1 aliphatic carbocycles. The Morgan fingerprint density at radius 1 is 1.19 bits per heavy atom. The zero-order valence-electron chi connectivity index (χ0n) is 14.4. The van der Waals surface area contributed by atoms with E-state index in [0.29, 0.717) is 17.9 Å². The van der Waals surface area contributed by atoms with Crippen LogP contribution in [0.15, 0.2) is 42.5 Å². The Kier molecular flexibility index (Phi) is 4.61. The Morgan fingerprint density at radius 2 is 1.89 bits per heavy atom. The minimum absolute atomic E-state index is 0.192. The Morgan fingerprint density at radius 3 is 2.56 bits per heavy atom. The summed E-state index contributed by atoms with van der Waals surface area (Å²) >= 11 is 7.48. The molecule has 5 nitrogen and oxygen atoms in total. The normalized spacial score (nSPS) is 14.9. The Hall–Kier alpha value is -2.44. The topological polar surface area (TPSA) is 79.3 Å². The van der Waals surface area contributed by atoms with Crippen LogP contribution in [0.1, 0.15) is 22.6 Å². The maximum Gasteiger partial charge on any atom is 0.304 e. The van der Waals surface area contributed by atoms with Crippen molar-refractivity contribution in [3.05, 3.63) is 63.6 Å². The van der Waals surface area contributed by atoms with Gasteiger partial charge in [-0.1, -0.05) is 35.9 Å². The third-order valence-electron chi connectivity index (χ3n) is 4.94. The lowest BCUT2D eigenvalue weighted by atomic mass is 9.80. The fourth-order valence-electron chi connectivity index (χ4n) is 3.72. The smallest absolute Gasteiger partial charge is 0.304 e. The maximum absolute atomic E-state index is 13.0. The van der Waals surface area contributed by atoms with Gasteiger partial charge in [0.1, 0.15) is 5.01 Å². The van der Waals surface area contributed by atoms with Crippen LogP contribution in [-0.4, -0.2) is 22.0 Å². The maximum atomic E-state index is 13.0. The zero-order chi connectivity index (χ0) is 19.0. The molecule has 4 rings (SSSR count). The molecule has 0 bridgehead atoms. The second-order valence-electron chi connectivity index (χ2n) is 6.88. The summed E-state index contributed by atoms with van der Waals surface area (Å²) in [6.07, 6.45) is 0.691. The Labute approximate surface area is 165 Å². The molecule has 0 radical (unpaired) electrons. The van der Waals surface area contributed by atoms with Crippen LogP contribution in [0.25, 0.3) is 10.2 Å². The van der Waals surface area contributed by atoms with E-state index < -0.39 is 11.4 Å². The van der Waals surface area contributed by atoms with E-state index in [-0.39, 0.29) is 18.9 Å². The SMILES string of the molecule is O=C(O)CC1(C(=O)NCc2nc3cc(Cl)ccc3s2)Cc2ccccc2C1. The monoisotopic (exact) mass is 400 g/mol. The molecule has 0 aliphatic heterocycles. The van der Waals surface area contributed by atoms with Crippen LogP contribution < -0.4 is 5.32 Å². The number of aromatic nitrogens is 1. The molecule has 0 unspecified atom stereocenters. The average Bonchev–Trinajstić information content (AvgIpc) is 3.19. The van der Waals surface area contributed by atoms with E-state index in [0.717, 1.165) is 26.4 Å². The lowest BCUT2D eigenvalue weighted by Gasteiger charge is -2.25. The van der Waals surface area contributed by atoms with Gasteiger partial charge in [-0.15, -0.1) is 11.3 Å². The van der Waals surface area contributed by atoms with E-state index in [1.54, 1.807) is 6.07 Å². The molecule has 1 heterocycles. The molecular formula is C20H17ClN2O3S. The molecule has 138 valence electrons. The molecule has 0 atom stereocenters. The van der Waals surface area contributed by atoms with Crippen molar-refractivity contribution >= 4 is 45.0 Å². The van der Waals surface area contributed by atoms with Crippen molar-refractivity contribution in [3.63, 3.8) is 0 Å². The van der Waals surface area contributed by atoms with Gasteiger partial charge in [-0.3, -0.25) is 9.59 Å². The Balaban J connectivity index is 1.53. The summed E-state index contributed by atoms with van der Waals surface area (Å²) in [7, 11) is 0. The van der Waals surface area contributed by atoms with Crippen LogP contribution in [0.3, 0.4) is 0 Å². The summed E-state index contributed by atoms with van der Waals surface area (Å²) in [4.78, 5) is 28.9. The molecule has 0 saturated carbocycles. The number of nitrogens with one attached hydrogen (secondary N) is 1. The average molecular weight is 401 g/mol. The molecule has 7 heteroatoms. The number of carbonyl (C=O) groups is 2. The van der Waals surface area contributed by atoms with Crippen molar-refractivity contribution in [2.75, 3.05) is 0 Å². The third kappa shape index (κ3) is 3.55. The van der Waals surface area contributed by atoms with Gasteiger partial charge in [0.2, 0.25) is 5.91 Å². The van der Waals surface area contributed by atoms with E-state index >= 15 is 0 Å². The number of fused-ring (bicyclic) bond motifs is 2. The van der Waals surface area contributed by atoms with Crippen LogP contribution in [-0.2, 0) is 29.0 Å². The first kappa shape index (κ1) is 17.9. The highest BCUT2D eigenvalue weighted by Gasteiger charge is 2.45. The number of rotatable bonds is 5. The van der Waals surface area contributed by atoms with Crippen LogP contribution in [0.2, 0.25) is 5.02 Å². The Bertz CT molecular complexity index is 1020. The number of carboxylic acid groups (broad SMARTS) is 1. The number of hydrogen-bond acceptors (Lipinski definition) is 4. The first-order chi connectivity index (χ1) is 12.9. The number of aliphatic carboxylic acids is 1. The third-order valence-corrected chi connectivity index (χ3v) is 6.21. The summed E-state index contributed by atoms with van der Waals surface area (Å²) in [5, 5.41) is 13.7. The van der Waals surface area contributed by atoms with Crippen molar-refractivity contribution < 1.29 is 14.7 Å². The van der Waals surface area contributed by atoms with Crippen LogP contribution in [0.4, 0.5) is 0 Å². The fourth-order valence-corrected chi connectivity index (χ4v) is 4.77. The van der Waals surface area contributed by atoms with E-state index in [1.807, 2.05) is 36.4 Å².